The predicted molar refractivity (Wildman–Crippen MR) is 106 cm³/mol. The highest BCUT2D eigenvalue weighted by atomic mass is 19.4. The van der Waals surface area contributed by atoms with Gasteiger partial charge in [0.15, 0.2) is 0 Å². The Labute approximate surface area is 173 Å². The summed E-state index contributed by atoms with van der Waals surface area (Å²) in [6, 6.07) is 8.43. The highest BCUT2D eigenvalue weighted by molar-refractivity contribution is 5.65. The van der Waals surface area contributed by atoms with E-state index < -0.39 is 30.3 Å². The van der Waals surface area contributed by atoms with Gasteiger partial charge in [0.2, 0.25) is 0 Å². The fraction of sp³-hybridized carbons (Fsp3) is 0.524. The van der Waals surface area contributed by atoms with Crippen molar-refractivity contribution in [2.24, 2.45) is 0 Å². The van der Waals surface area contributed by atoms with Crippen LogP contribution in [0.2, 0.25) is 0 Å². The molecule has 1 aliphatic heterocycles. The van der Waals surface area contributed by atoms with E-state index in [0.717, 1.165) is 10.6 Å². The lowest BCUT2D eigenvalue weighted by Crippen LogP contribution is -2.54. The van der Waals surface area contributed by atoms with Crippen molar-refractivity contribution in [3.05, 3.63) is 53.6 Å². The van der Waals surface area contributed by atoms with E-state index in [-0.39, 0.29) is 17.7 Å². The number of rotatable bonds is 4. The Hall–Kier alpha value is -2.55. The van der Waals surface area contributed by atoms with E-state index >= 15 is 0 Å². The fourth-order valence-corrected chi connectivity index (χ4v) is 4.14. The maximum Gasteiger partial charge on any atom is 0.422 e. The molecule has 2 N–H and O–H groups in total. The molecule has 9 heteroatoms. The highest BCUT2D eigenvalue weighted by Crippen LogP contribution is 2.45. The third kappa shape index (κ3) is 4.77. The zero-order valence-electron chi connectivity index (χ0n) is 17.4. The molecule has 1 aliphatic rings. The third-order valence-electron chi connectivity index (χ3n) is 5.25. The Kier molecular flexibility index (Phi) is 5.86. The van der Waals surface area contributed by atoms with Gasteiger partial charge < -0.3 is 9.67 Å². The molecule has 0 fully saturated rings. The fourth-order valence-electron chi connectivity index (χ4n) is 4.14. The summed E-state index contributed by atoms with van der Waals surface area (Å²) < 4.78 is 41.1. The van der Waals surface area contributed by atoms with E-state index in [1.54, 1.807) is 4.57 Å². The molecule has 1 aromatic carbocycles. The number of nitrogens with one attached hydrogen (secondary N) is 1. The van der Waals surface area contributed by atoms with Gasteiger partial charge in [-0.15, -0.1) is 0 Å². The molecule has 3 rings (SSSR count). The number of carbonyl (C=O) groups is 1. The van der Waals surface area contributed by atoms with Crippen LogP contribution in [0.25, 0.3) is 0 Å². The van der Waals surface area contributed by atoms with Crippen molar-refractivity contribution in [2.75, 3.05) is 0 Å². The molecular formula is C21H27F3N4O2. The second kappa shape index (κ2) is 7.94. The minimum Gasteiger partial charge on any atom is -0.464 e. The second-order valence-electron chi connectivity index (χ2n) is 8.79. The number of fused-ring (bicyclic) bond motifs is 1. The van der Waals surface area contributed by atoms with Crippen molar-refractivity contribution in [1.29, 1.82) is 0 Å². The van der Waals surface area contributed by atoms with Gasteiger partial charge >= 0.3 is 12.3 Å². The van der Waals surface area contributed by atoms with E-state index in [2.05, 4.69) is 10.4 Å². The van der Waals surface area contributed by atoms with Crippen LogP contribution in [0.3, 0.4) is 0 Å². The molecule has 0 bridgehead atoms. The lowest BCUT2D eigenvalue weighted by Gasteiger charge is -2.42. The van der Waals surface area contributed by atoms with Gasteiger partial charge in [0.05, 0.1) is 6.42 Å². The summed E-state index contributed by atoms with van der Waals surface area (Å²) in [5.41, 5.74) is 3.40. The quantitative estimate of drug-likeness (QED) is 0.673. The summed E-state index contributed by atoms with van der Waals surface area (Å²) in [7, 11) is 0. The molecule has 1 aromatic heterocycles. The first-order valence-corrected chi connectivity index (χ1v) is 9.85. The number of aromatic nitrogens is 2. The van der Waals surface area contributed by atoms with Gasteiger partial charge in [0.25, 0.3) is 0 Å². The van der Waals surface area contributed by atoms with Gasteiger partial charge in [0, 0.05) is 29.4 Å². The van der Waals surface area contributed by atoms with Crippen LogP contribution in [-0.4, -0.2) is 37.5 Å². The number of hydrogen-bond acceptors (Lipinski definition) is 3. The zero-order chi connectivity index (χ0) is 22.3. The molecule has 30 heavy (non-hydrogen) atoms. The molecule has 0 aliphatic carbocycles. The molecule has 0 unspecified atom stereocenters. The van der Waals surface area contributed by atoms with Gasteiger partial charge in [-0.1, -0.05) is 30.3 Å². The molecule has 1 amide bonds. The van der Waals surface area contributed by atoms with Crippen molar-refractivity contribution < 1.29 is 23.1 Å². The third-order valence-corrected chi connectivity index (χ3v) is 5.25. The van der Waals surface area contributed by atoms with Gasteiger partial charge in [-0.05, 0) is 39.7 Å². The van der Waals surface area contributed by atoms with Crippen LogP contribution in [-0.2, 0) is 6.42 Å². The molecule has 6 nitrogen and oxygen atoms in total. The number of halogens is 3. The molecule has 2 heterocycles. The second-order valence-corrected chi connectivity index (χ2v) is 8.79. The van der Waals surface area contributed by atoms with E-state index in [4.69, 9.17) is 0 Å². The van der Waals surface area contributed by atoms with Crippen LogP contribution >= 0.6 is 0 Å². The Morgan fingerprint density at radius 2 is 1.90 bits per heavy atom. The average molecular weight is 424 g/mol. The van der Waals surface area contributed by atoms with Crippen LogP contribution in [0.4, 0.5) is 18.0 Å². The Morgan fingerprint density at radius 1 is 1.27 bits per heavy atom. The number of alkyl halides is 3. The number of benzene rings is 1. The standard InChI is InChI=1S/C21H27F3N4O2/c1-13-16(14-8-6-5-7-9-14)10-17(28(19(29)30)26-20(2,3)4)18-25-12-15(27(13)18)11-21(22,23)24/h5-9,12-13,16-17,26H,10-11H2,1-4H3,(H,29,30)/t13-,16-,17+/m1/s1. The number of carboxylic acid groups (broad SMARTS) is 1. The van der Waals surface area contributed by atoms with Crippen molar-refractivity contribution in [1.82, 2.24) is 20.0 Å². The van der Waals surface area contributed by atoms with E-state index in [9.17, 15) is 23.1 Å². The molecule has 0 saturated carbocycles. The first kappa shape index (κ1) is 22.1. The van der Waals surface area contributed by atoms with Gasteiger partial charge in [0.1, 0.15) is 11.9 Å². The largest absolute Gasteiger partial charge is 0.464 e. The molecule has 0 saturated heterocycles. The van der Waals surface area contributed by atoms with E-state index in [1.807, 2.05) is 58.0 Å². The summed E-state index contributed by atoms with van der Waals surface area (Å²) in [6.45, 7) is 7.33. The van der Waals surface area contributed by atoms with Crippen molar-refractivity contribution >= 4 is 6.09 Å². The van der Waals surface area contributed by atoms with Gasteiger partial charge in [-0.2, -0.15) is 13.2 Å². The average Bonchev–Trinajstić information content (AvgIpc) is 3.03. The molecule has 0 radical (unpaired) electrons. The van der Waals surface area contributed by atoms with Crippen LogP contribution < -0.4 is 5.43 Å². The Bertz CT molecular complexity index is 890. The molecule has 3 atom stereocenters. The number of amides is 1. The summed E-state index contributed by atoms with van der Waals surface area (Å²) in [4.78, 5) is 16.3. The summed E-state index contributed by atoms with van der Waals surface area (Å²) in [5.74, 6) is 0.154. The Balaban J connectivity index is 2.11. The maximum atomic E-state index is 13.2. The molecule has 164 valence electrons. The molecule has 0 spiro atoms. The topological polar surface area (TPSA) is 70.4 Å². The van der Waals surface area contributed by atoms with Crippen LogP contribution in [0.5, 0.6) is 0 Å². The summed E-state index contributed by atoms with van der Waals surface area (Å²) >= 11 is 0. The predicted octanol–water partition coefficient (Wildman–Crippen LogP) is 5.06. The SMILES string of the molecule is C[C@@H]1[C@H](c2ccccc2)C[C@H](N(NC(C)(C)C)C(=O)O)c2ncc(CC(F)(F)F)n21. The monoisotopic (exact) mass is 424 g/mol. The van der Waals surface area contributed by atoms with Crippen LogP contribution in [0.1, 0.15) is 69.2 Å². The number of imidazole rings is 1. The van der Waals surface area contributed by atoms with Crippen LogP contribution in [0.15, 0.2) is 36.5 Å². The molecule has 2 aromatic rings. The van der Waals surface area contributed by atoms with E-state index in [1.165, 1.54) is 6.20 Å². The zero-order valence-corrected chi connectivity index (χ0v) is 17.4. The summed E-state index contributed by atoms with van der Waals surface area (Å²) in [5, 5.41) is 11.0. The smallest absolute Gasteiger partial charge is 0.422 e. The highest BCUT2D eigenvalue weighted by Gasteiger charge is 2.42. The van der Waals surface area contributed by atoms with E-state index in [0.29, 0.717) is 12.2 Å². The normalized spacial score (nSPS) is 21.9. The number of hydrazine groups is 1. The van der Waals surface area contributed by atoms with Crippen molar-refractivity contribution in [3.63, 3.8) is 0 Å². The van der Waals surface area contributed by atoms with Crippen molar-refractivity contribution in [2.45, 2.75) is 70.3 Å². The number of hydrogen-bond donors (Lipinski definition) is 2. The number of nitrogens with zero attached hydrogens (tertiary/aromatic N) is 3. The maximum absolute atomic E-state index is 13.2. The first-order valence-electron chi connectivity index (χ1n) is 9.85. The van der Waals surface area contributed by atoms with Crippen LogP contribution in [0, 0.1) is 0 Å². The Morgan fingerprint density at radius 3 is 2.43 bits per heavy atom. The lowest BCUT2D eigenvalue weighted by atomic mass is 9.83. The first-order chi connectivity index (χ1) is 13.9. The van der Waals surface area contributed by atoms with Gasteiger partial charge in [-0.25, -0.2) is 20.2 Å². The van der Waals surface area contributed by atoms with Crippen molar-refractivity contribution in [3.8, 4) is 0 Å². The van der Waals surface area contributed by atoms with Gasteiger partial charge in [-0.3, -0.25) is 0 Å². The minimum absolute atomic E-state index is 0.0386. The molecular weight excluding hydrogens is 397 g/mol. The lowest BCUT2D eigenvalue weighted by molar-refractivity contribution is -0.128. The minimum atomic E-state index is -4.39. The summed E-state index contributed by atoms with van der Waals surface area (Å²) in [6.07, 6.45) is -5.08.